The standard InChI is InChI=1S/C20H32N3O4S/c1-4-5-6-7-11-26-19-18(21-28-22-19)16-9-8-10-23(3,12-16)15(2)27-20(24)17-13-25-14-17/h9,15,17H,4-8,10-14H2,1-3H3/q+1/t15-,23?/m0/s1. The maximum atomic E-state index is 12.2. The van der Waals surface area contributed by atoms with E-state index in [0.29, 0.717) is 30.2 Å². The SMILES string of the molecule is CCCCCCOc1nsnc1C1=CCC[N+](C)([C@H](C)OC(=O)C2COC2)C1. The molecule has 28 heavy (non-hydrogen) atoms. The van der Waals surface area contributed by atoms with Crippen molar-refractivity contribution in [1.82, 2.24) is 8.75 Å². The van der Waals surface area contributed by atoms with Crippen LogP contribution in [0.15, 0.2) is 6.08 Å². The third kappa shape index (κ3) is 5.10. The summed E-state index contributed by atoms with van der Waals surface area (Å²) in [6.07, 6.45) is 7.56. The van der Waals surface area contributed by atoms with E-state index in [2.05, 4.69) is 28.8 Å². The molecule has 0 N–H and O–H groups in total. The summed E-state index contributed by atoms with van der Waals surface area (Å²) in [7, 11) is 2.13. The molecule has 8 heteroatoms. The van der Waals surface area contributed by atoms with Gasteiger partial charge in [0.15, 0.2) is 0 Å². The van der Waals surface area contributed by atoms with Gasteiger partial charge >= 0.3 is 5.97 Å². The molecule has 1 unspecified atom stereocenters. The Labute approximate surface area is 171 Å². The van der Waals surface area contributed by atoms with Gasteiger partial charge in [-0.25, -0.2) is 0 Å². The fourth-order valence-electron chi connectivity index (χ4n) is 3.48. The van der Waals surface area contributed by atoms with Crippen molar-refractivity contribution in [3.63, 3.8) is 0 Å². The Bertz CT molecular complexity index is 689. The molecule has 1 aromatic rings. The van der Waals surface area contributed by atoms with Crippen LogP contribution in [0.2, 0.25) is 0 Å². The van der Waals surface area contributed by atoms with Crippen LogP contribution in [0.5, 0.6) is 5.88 Å². The molecule has 7 nitrogen and oxygen atoms in total. The highest BCUT2D eigenvalue weighted by Gasteiger charge is 2.39. The number of carbonyl (C=O) groups is 1. The summed E-state index contributed by atoms with van der Waals surface area (Å²) in [6.45, 7) is 7.47. The lowest BCUT2D eigenvalue weighted by Crippen LogP contribution is -2.56. The molecule has 0 radical (unpaired) electrons. The molecule has 1 fully saturated rings. The van der Waals surface area contributed by atoms with Gasteiger partial charge in [-0.3, -0.25) is 9.28 Å². The predicted molar refractivity (Wildman–Crippen MR) is 108 cm³/mol. The lowest BCUT2D eigenvalue weighted by Gasteiger charge is -2.42. The second kappa shape index (κ2) is 9.80. The van der Waals surface area contributed by atoms with Crippen molar-refractivity contribution in [1.29, 1.82) is 0 Å². The van der Waals surface area contributed by atoms with Crippen LogP contribution in [0.3, 0.4) is 0 Å². The fourth-order valence-corrected chi connectivity index (χ4v) is 4.01. The normalized spacial score (nSPS) is 23.6. The van der Waals surface area contributed by atoms with Gasteiger partial charge in [0.25, 0.3) is 5.88 Å². The maximum absolute atomic E-state index is 12.2. The van der Waals surface area contributed by atoms with E-state index >= 15 is 0 Å². The zero-order valence-electron chi connectivity index (χ0n) is 17.2. The largest absolute Gasteiger partial charge is 0.475 e. The van der Waals surface area contributed by atoms with Crippen LogP contribution in [-0.4, -0.2) is 65.4 Å². The molecule has 2 atom stereocenters. The van der Waals surface area contributed by atoms with E-state index in [0.717, 1.165) is 37.2 Å². The first-order valence-electron chi connectivity index (χ1n) is 10.3. The zero-order valence-corrected chi connectivity index (χ0v) is 18.0. The van der Waals surface area contributed by atoms with Crippen molar-refractivity contribution < 1.29 is 23.5 Å². The molecule has 0 saturated carbocycles. The Hall–Kier alpha value is -1.51. The number of aromatic nitrogens is 2. The molecule has 0 bridgehead atoms. The zero-order chi connectivity index (χ0) is 20.0. The van der Waals surface area contributed by atoms with Gasteiger partial charge in [-0.15, -0.1) is 4.37 Å². The van der Waals surface area contributed by atoms with Crippen LogP contribution in [0, 0.1) is 5.92 Å². The Kier molecular flexibility index (Phi) is 7.42. The van der Waals surface area contributed by atoms with Gasteiger partial charge in [0.1, 0.15) is 18.2 Å². The van der Waals surface area contributed by atoms with Crippen LogP contribution >= 0.6 is 11.7 Å². The number of likely N-dealkylation sites (N-methyl/N-ethyl adjacent to an activating group) is 1. The lowest BCUT2D eigenvalue weighted by molar-refractivity contribution is -0.944. The van der Waals surface area contributed by atoms with Gasteiger partial charge in [-0.1, -0.05) is 32.3 Å². The first kappa shape index (κ1) is 21.2. The second-order valence-electron chi connectivity index (χ2n) is 7.98. The number of hydrogen-bond acceptors (Lipinski definition) is 7. The summed E-state index contributed by atoms with van der Waals surface area (Å²) in [5.41, 5.74) is 1.97. The number of quaternary nitrogens is 1. The summed E-state index contributed by atoms with van der Waals surface area (Å²) >= 11 is 1.19. The molecule has 1 aromatic heterocycles. The van der Waals surface area contributed by atoms with E-state index in [1.54, 1.807) is 0 Å². The Morgan fingerprint density at radius 2 is 2.18 bits per heavy atom. The molecule has 0 amide bonds. The summed E-state index contributed by atoms with van der Waals surface area (Å²) in [4.78, 5) is 12.2. The smallest absolute Gasteiger partial charge is 0.318 e. The number of esters is 1. The van der Waals surface area contributed by atoms with E-state index < -0.39 is 0 Å². The maximum Gasteiger partial charge on any atom is 0.318 e. The lowest BCUT2D eigenvalue weighted by atomic mass is 10.0. The van der Waals surface area contributed by atoms with Crippen molar-refractivity contribution in [2.24, 2.45) is 5.92 Å². The van der Waals surface area contributed by atoms with Gasteiger partial charge in [0.2, 0.25) is 6.23 Å². The summed E-state index contributed by atoms with van der Waals surface area (Å²) in [6, 6.07) is 0. The minimum atomic E-state index is -0.221. The van der Waals surface area contributed by atoms with E-state index in [-0.39, 0.29) is 18.1 Å². The van der Waals surface area contributed by atoms with Crippen molar-refractivity contribution in [3.05, 3.63) is 11.8 Å². The molecule has 0 aromatic carbocycles. The monoisotopic (exact) mass is 410 g/mol. The van der Waals surface area contributed by atoms with E-state index in [9.17, 15) is 4.79 Å². The molecule has 3 heterocycles. The van der Waals surface area contributed by atoms with Crippen LogP contribution in [0.1, 0.15) is 51.6 Å². The minimum absolute atomic E-state index is 0.107. The molecule has 1 saturated heterocycles. The molecule has 0 spiro atoms. The summed E-state index contributed by atoms with van der Waals surface area (Å²) in [5.74, 6) is 0.377. The molecule has 2 aliphatic rings. The fraction of sp³-hybridized carbons (Fsp3) is 0.750. The highest BCUT2D eigenvalue weighted by Crippen LogP contribution is 2.32. The molecular weight excluding hydrogens is 378 g/mol. The van der Waals surface area contributed by atoms with Crippen LogP contribution in [0.25, 0.3) is 5.57 Å². The average Bonchev–Trinajstić information content (AvgIpc) is 3.08. The van der Waals surface area contributed by atoms with Crippen molar-refractivity contribution in [2.75, 3.05) is 40.0 Å². The van der Waals surface area contributed by atoms with Crippen LogP contribution < -0.4 is 4.74 Å². The Balaban J connectivity index is 1.59. The van der Waals surface area contributed by atoms with E-state index in [1.807, 2.05) is 6.92 Å². The highest BCUT2D eigenvalue weighted by atomic mass is 32.1. The van der Waals surface area contributed by atoms with E-state index in [4.69, 9.17) is 14.2 Å². The Morgan fingerprint density at radius 3 is 2.89 bits per heavy atom. The van der Waals surface area contributed by atoms with Gasteiger partial charge in [-0.05, 0) is 6.42 Å². The summed E-state index contributed by atoms with van der Waals surface area (Å²) < 4.78 is 26.3. The number of nitrogens with zero attached hydrogens (tertiary/aromatic N) is 3. The third-order valence-corrected chi connectivity index (χ3v) is 6.21. The highest BCUT2D eigenvalue weighted by molar-refractivity contribution is 6.99. The number of hydrogen-bond donors (Lipinski definition) is 0. The quantitative estimate of drug-likeness (QED) is 0.335. The first-order chi connectivity index (χ1) is 13.5. The number of ether oxygens (including phenoxy) is 3. The molecule has 2 aliphatic heterocycles. The minimum Gasteiger partial charge on any atom is -0.475 e. The second-order valence-corrected chi connectivity index (χ2v) is 8.51. The van der Waals surface area contributed by atoms with Crippen molar-refractivity contribution in [2.45, 2.75) is 52.2 Å². The number of rotatable bonds is 10. The topological polar surface area (TPSA) is 70.5 Å². The van der Waals surface area contributed by atoms with Gasteiger partial charge in [0, 0.05) is 18.9 Å². The summed E-state index contributed by atoms with van der Waals surface area (Å²) in [5, 5.41) is 0. The van der Waals surface area contributed by atoms with Crippen LogP contribution in [0.4, 0.5) is 0 Å². The number of unbranched alkanes of at least 4 members (excludes halogenated alkanes) is 3. The average molecular weight is 411 g/mol. The van der Waals surface area contributed by atoms with Gasteiger partial charge < -0.3 is 14.2 Å². The molecule has 156 valence electrons. The van der Waals surface area contributed by atoms with Crippen LogP contribution in [-0.2, 0) is 14.3 Å². The first-order valence-corrected chi connectivity index (χ1v) is 11.0. The Morgan fingerprint density at radius 1 is 1.36 bits per heavy atom. The third-order valence-electron chi connectivity index (χ3n) is 5.70. The predicted octanol–water partition coefficient (Wildman–Crippen LogP) is 3.27. The van der Waals surface area contributed by atoms with Crippen molar-refractivity contribution >= 4 is 23.3 Å². The molecular formula is C20H32N3O4S+. The van der Waals surface area contributed by atoms with Gasteiger partial charge in [0.05, 0.1) is 45.1 Å². The van der Waals surface area contributed by atoms with Crippen molar-refractivity contribution in [3.8, 4) is 5.88 Å². The van der Waals surface area contributed by atoms with E-state index in [1.165, 1.54) is 31.0 Å². The molecule has 0 aliphatic carbocycles. The van der Waals surface area contributed by atoms with Gasteiger partial charge in [-0.2, -0.15) is 4.37 Å². The number of carbonyl (C=O) groups excluding carboxylic acids is 1. The molecule has 3 rings (SSSR count).